The van der Waals surface area contributed by atoms with Crippen LogP contribution in [-0.2, 0) is 0 Å². The minimum Gasteiger partial charge on any atom is -0.271 e. The molecule has 0 saturated carbocycles. The van der Waals surface area contributed by atoms with Crippen molar-refractivity contribution >= 4 is 5.52 Å². The van der Waals surface area contributed by atoms with Crippen LogP contribution in [0.1, 0.15) is 22.7 Å². The van der Waals surface area contributed by atoms with Crippen LogP contribution in [-0.4, -0.2) is 14.6 Å². The van der Waals surface area contributed by atoms with E-state index in [1.807, 2.05) is 18.5 Å². The van der Waals surface area contributed by atoms with Gasteiger partial charge in [0.1, 0.15) is 0 Å². The van der Waals surface area contributed by atoms with Gasteiger partial charge in [-0.15, -0.1) is 0 Å². The van der Waals surface area contributed by atoms with Crippen molar-refractivity contribution in [1.82, 2.24) is 20.0 Å². The van der Waals surface area contributed by atoms with Gasteiger partial charge >= 0.3 is 0 Å². The molecule has 0 aliphatic carbocycles. The maximum atomic E-state index is 5.73. The van der Waals surface area contributed by atoms with Crippen molar-refractivity contribution in [2.45, 2.75) is 13.0 Å². The summed E-state index contributed by atoms with van der Waals surface area (Å²) in [7, 11) is 0. The van der Waals surface area contributed by atoms with Crippen LogP contribution >= 0.6 is 0 Å². The molecule has 5 nitrogen and oxygen atoms in total. The minimum atomic E-state index is -0.0957. The highest BCUT2D eigenvalue weighted by molar-refractivity contribution is 5.55. The highest BCUT2D eigenvalue weighted by atomic mass is 15.3. The van der Waals surface area contributed by atoms with E-state index in [9.17, 15) is 0 Å². The lowest BCUT2D eigenvalue weighted by molar-refractivity contribution is 0.640. The topological polar surface area (TPSA) is 68.2 Å². The molecule has 2 aromatic heterocycles. The Balaban J connectivity index is 2.12. The largest absolute Gasteiger partial charge is 0.271 e. The van der Waals surface area contributed by atoms with Crippen LogP contribution in [0.25, 0.3) is 5.52 Å². The molecule has 3 aromatic rings. The van der Waals surface area contributed by atoms with Crippen LogP contribution < -0.4 is 11.3 Å². The lowest BCUT2D eigenvalue weighted by atomic mass is 9.99. The molecule has 1 atom stereocenters. The molecule has 0 aliphatic heterocycles. The summed E-state index contributed by atoms with van der Waals surface area (Å²) in [6.07, 6.45) is 7.15. The molecular formula is C14H15N5. The van der Waals surface area contributed by atoms with Gasteiger partial charge in [0.2, 0.25) is 0 Å². The number of benzene rings is 1. The van der Waals surface area contributed by atoms with Gasteiger partial charge in [-0.2, -0.15) is 5.10 Å². The third-order valence-corrected chi connectivity index (χ3v) is 3.21. The number of hydrogen-bond acceptors (Lipinski definition) is 4. The number of nitrogens with zero attached hydrogens (tertiary/aromatic N) is 3. The maximum Gasteiger partial charge on any atom is 0.0896 e. The van der Waals surface area contributed by atoms with Crippen LogP contribution in [0.4, 0.5) is 0 Å². The monoisotopic (exact) mass is 253 g/mol. The normalized spacial score (nSPS) is 12.7. The van der Waals surface area contributed by atoms with Gasteiger partial charge in [0.15, 0.2) is 0 Å². The molecule has 5 heteroatoms. The second-order valence-corrected chi connectivity index (χ2v) is 4.52. The van der Waals surface area contributed by atoms with E-state index in [0.717, 1.165) is 16.6 Å². The Labute approximate surface area is 111 Å². The first-order valence-corrected chi connectivity index (χ1v) is 6.09. The molecule has 0 saturated heterocycles. The Morgan fingerprint density at radius 1 is 1.32 bits per heavy atom. The second-order valence-electron chi connectivity index (χ2n) is 4.52. The van der Waals surface area contributed by atoms with Crippen LogP contribution in [0.5, 0.6) is 0 Å². The number of nitrogens with two attached hydrogens (primary N) is 1. The van der Waals surface area contributed by atoms with E-state index in [0.29, 0.717) is 0 Å². The Bertz CT molecular complexity index is 704. The third kappa shape index (κ3) is 2.09. The van der Waals surface area contributed by atoms with Gasteiger partial charge in [-0.1, -0.05) is 29.8 Å². The fourth-order valence-electron chi connectivity index (χ4n) is 2.29. The van der Waals surface area contributed by atoms with Crippen molar-refractivity contribution in [3.63, 3.8) is 0 Å². The fourth-order valence-corrected chi connectivity index (χ4v) is 2.29. The van der Waals surface area contributed by atoms with Gasteiger partial charge in [-0.25, -0.2) is 9.94 Å². The standard InChI is InChI=1S/C14H15N5/c1-10-3-2-4-11(7-10)14(18-15)12-8-17-19-6-5-16-9-13(12)19/h2-9,14,18H,15H2,1H3. The highest BCUT2D eigenvalue weighted by Crippen LogP contribution is 2.25. The molecule has 1 aromatic carbocycles. The summed E-state index contributed by atoms with van der Waals surface area (Å²) in [6.45, 7) is 2.06. The molecule has 0 aliphatic rings. The quantitative estimate of drug-likeness (QED) is 0.549. The number of hydrazine groups is 1. The molecule has 3 rings (SSSR count). The van der Waals surface area contributed by atoms with Crippen molar-refractivity contribution in [1.29, 1.82) is 0 Å². The molecule has 2 heterocycles. The van der Waals surface area contributed by atoms with E-state index in [-0.39, 0.29) is 6.04 Å². The number of fused-ring (bicyclic) bond motifs is 1. The third-order valence-electron chi connectivity index (χ3n) is 3.21. The first-order valence-electron chi connectivity index (χ1n) is 6.09. The van der Waals surface area contributed by atoms with E-state index in [4.69, 9.17) is 5.84 Å². The minimum absolute atomic E-state index is 0.0957. The zero-order valence-corrected chi connectivity index (χ0v) is 10.6. The van der Waals surface area contributed by atoms with E-state index < -0.39 is 0 Å². The number of nitrogens with one attached hydrogen (secondary N) is 1. The average Bonchev–Trinajstić information content (AvgIpc) is 2.84. The Morgan fingerprint density at radius 2 is 2.21 bits per heavy atom. The van der Waals surface area contributed by atoms with Gasteiger partial charge in [-0.05, 0) is 12.5 Å². The van der Waals surface area contributed by atoms with Crippen molar-refractivity contribution in [3.8, 4) is 0 Å². The lowest BCUT2D eigenvalue weighted by Crippen LogP contribution is -2.28. The van der Waals surface area contributed by atoms with Crippen LogP contribution in [0.3, 0.4) is 0 Å². The first kappa shape index (κ1) is 11.8. The van der Waals surface area contributed by atoms with Gasteiger partial charge in [-0.3, -0.25) is 10.8 Å². The zero-order valence-electron chi connectivity index (χ0n) is 10.6. The summed E-state index contributed by atoms with van der Waals surface area (Å²) in [4.78, 5) is 4.14. The Hall–Kier alpha value is -2.24. The molecule has 3 N–H and O–H groups in total. The molecule has 0 radical (unpaired) electrons. The Morgan fingerprint density at radius 3 is 3.00 bits per heavy atom. The summed E-state index contributed by atoms with van der Waals surface area (Å²) in [6, 6.07) is 8.16. The average molecular weight is 253 g/mol. The summed E-state index contributed by atoms with van der Waals surface area (Å²) in [5.74, 6) is 5.73. The molecule has 0 spiro atoms. The molecular weight excluding hydrogens is 238 g/mol. The van der Waals surface area contributed by atoms with Crippen molar-refractivity contribution < 1.29 is 0 Å². The van der Waals surface area contributed by atoms with Gasteiger partial charge in [0.05, 0.1) is 24.0 Å². The van der Waals surface area contributed by atoms with E-state index in [2.05, 4.69) is 40.6 Å². The van der Waals surface area contributed by atoms with Gasteiger partial charge in [0, 0.05) is 18.0 Å². The summed E-state index contributed by atoms with van der Waals surface area (Å²) in [5.41, 5.74) is 7.14. The maximum absolute atomic E-state index is 5.73. The van der Waals surface area contributed by atoms with E-state index in [1.54, 1.807) is 16.9 Å². The fraction of sp³-hybridized carbons (Fsp3) is 0.143. The van der Waals surface area contributed by atoms with Crippen molar-refractivity contribution in [2.75, 3.05) is 0 Å². The SMILES string of the molecule is Cc1cccc(C(NN)c2cnn3ccncc23)c1. The number of rotatable bonds is 3. The number of hydrogen-bond donors (Lipinski definition) is 2. The van der Waals surface area contributed by atoms with E-state index in [1.165, 1.54) is 5.56 Å². The predicted molar refractivity (Wildman–Crippen MR) is 73.3 cm³/mol. The summed E-state index contributed by atoms with van der Waals surface area (Å²) >= 11 is 0. The Kier molecular flexibility index (Phi) is 2.98. The number of aromatic nitrogens is 3. The zero-order chi connectivity index (χ0) is 13.2. The molecule has 0 bridgehead atoms. The predicted octanol–water partition coefficient (Wildman–Crippen LogP) is 1.59. The molecule has 0 fully saturated rings. The summed E-state index contributed by atoms with van der Waals surface area (Å²) in [5, 5.41) is 4.32. The van der Waals surface area contributed by atoms with Crippen molar-refractivity contribution in [2.24, 2.45) is 5.84 Å². The highest BCUT2D eigenvalue weighted by Gasteiger charge is 2.17. The van der Waals surface area contributed by atoms with Crippen molar-refractivity contribution in [3.05, 3.63) is 65.7 Å². The van der Waals surface area contributed by atoms with Gasteiger partial charge in [0.25, 0.3) is 0 Å². The van der Waals surface area contributed by atoms with E-state index >= 15 is 0 Å². The molecule has 96 valence electrons. The number of aryl methyl sites for hydroxylation is 1. The molecule has 1 unspecified atom stereocenters. The first-order chi connectivity index (χ1) is 9.29. The van der Waals surface area contributed by atoms with Gasteiger partial charge < -0.3 is 0 Å². The smallest absolute Gasteiger partial charge is 0.0896 e. The second kappa shape index (κ2) is 4.79. The van der Waals surface area contributed by atoms with Crippen LogP contribution in [0.2, 0.25) is 0 Å². The summed E-state index contributed by atoms with van der Waals surface area (Å²) < 4.78 is 1.79. The molecule has 0 amide bonds. The molecule has 19 heavy (non-hydrogen) atoms. The van der Waals surface area contributed by atoms with Crippen LogP contribution in [0, 0.1) is 6.92 Å². The lowest BCUT2D eigenvalue weighted by Gasteiger charge is -2.15. The van der Waals surface area contributed by atoms with Crippen LogP contribution in [0.15, 0.2) is 49.1 Å².